The lowest BCUT2D eigenvalue weighted by molar-refractivity contribution is -0.119. The number of carbonyl (C=O) groups excluding carboxylic acids is 1. The predicted octanol–water partition coefficient (Wildman–Crippen LogP) is 3.13. The highest BCUT2D eigenvalue weighted by Crippen LogP contribution is 2.21. The van der Waals surface area contributed by atoms with Crippen molar-refractivity contribution in [3.63, 3.8) is 0 Å². The summed E-state index contributed by atoms with van der Waals surface area (Å²) in [7, 11) is 0. The van der Waals surface area contributed by atoms with Gasteiger partial charge in [0, 0.05) is 15.7 Å². The Hall–Kier alpha value is -0.690. The molecule has 1 rings (SSSR count). The molecule has 0 aliphatic heterocycles. The largest absolute Gasteiger partial charge is 0.332 e. The lowest BCUT2D eigenvalue weighted by atomic mass is 10.1. The van der Waals surface area contributed by atoms with Gasteiger partial charge in [0.05, 0.1) is 0 Å². The van der Waals surface area contributed by atoms with E-state index in [4.69, 9.17) is 12.2 Å². The van der Waals surface area contributed by atoms with Crippen LogP contribution in [0.25, 0.3) is 0 Å². The average molecular weight is 362 g/mol. The maximum absolute atomic E-state index is 11.2. The molecule has 0 radical (unpaired) electrons. The molecule has 1 aromatic carbocycles. The van der Waals surface area contributed by atoms with E-state index in [1.807, 2.05) is 19.9 Å². The summed E-state index contributed by atoms with van der Waals surface area (Å²) in [6, 6.07) is 4.12. The molecule has 3 nitrogen and oxygen atoms in total. The van der Waals surface area contributed by atoms with Crippen molar-refractivity contribution in [2.24, 2.45) is 0 Å². The topological polar surface area (TPSA) is 41.1 Å². The number of nitrogens with one attached hydrogen (secondary N) is 2. The number of carbonyl (C=O) groups is 1. The van der Waals surface area contributed by atoms with Crippen LogP contribution in [-0.4, -0.2) is 11.0 Å². The highest BCUT2D eigenvalue weighted by atomic mass is 127. The first kappa shape index (κ1) is 14.4. The van der Waals surface area contributed by atoms with Gasteiger partial charge in [0.15, 0.2) is 5.11 Å². The molecule has 1 amide bonds. The molecule has 0 aromatic heterocycles. The summed E-state index contributed by atoms with van der Waals surface area (Å²) >= 11 is 7.37. The number of anilines is 1. The first-order chi connectivity index (χ1) is 7.93. The summed E-state index contributed by atoms with van der Waals surface area (Å²) in [5.41, 5.74) is 3.22. The van der Waals surface area contributed by atoms with Crippen LogP contribution in [0.1, 0.15) is 24.5 Å². The van der Waals surface area contributed by atoms with Crippen LogP contribution in [0.4, 0.5) is 5.69 Å². The van der Waals surface area contributed by atoms with Gasteiger partial charge < -0.3 is 10.6 Å². The van der Waals surface area contributed by atoms with Gasteiger partial charge in [-0.2, -0.15) is 0 Å². The minimum Gasteiger partial charge on any atom is -0.332 e. The molecule has 0 saturated heterocycles. The van der Waals surface area contributed by atoms with Gasteiger partial charge in [-0.25, -0.2) is 0 Å². The molecule has 5 heteroatoms. The van der Waals surface area contributed by atoms with E-state index in [1.54, 1.807) is 6.92 Å². The Morgan fingerprint density at radius 1 is 1.35 bits per heavy atom. The minimum atomic E-state index is -0.0811. The standard InChI is InChI=1S/C12H15IN2OS/c1-4-11(16)15-12(17)14-10-6-7(2)9(13)5-8(10)3/h5-6H,4H2,1-3H3,(H2,14,15,16,17). The molecule has 0 saturated carbocycles. The fourth-order valence-corrected chi connectivity index (χ4v) is 2.13. The van der Waals surface area contributed by atoms with Crippen molar-refractivity contribution in [3.8, 4) is 0 Å². The van der Waals surface area contributed by atoms with Gasteiger partial charge in [-0.05, 0) is 71.9 Å². The van der Waals surface area contributed by atoms with E-state index >= 15 is 0 Å². The fourth-order valence-electron chi connectivity index (χ4n) is 1.28. The Kier molecular flexibility index (Phi) is 5.32. The van der Waals surface area contributed by atoms with Crippen LogP contribution in [0.2, 0.25) is 0 Å². The normalized spacial score (nSPS) is 9.88. The van der Waals surface area contributed by atoms with Crippen molar-refractivity contribution in [2.45, 2.75) is 27.2 Å². The highest BCUT2D eigenvalue weighted by molar-refractivity contribution is 14.1. The van der Waals surface area contributed by atoms with E-state index < -0.39 is 0 Å². The quantitative estimate of drug-likeness (QED) is 0.628. The van der Waals surface area contributed by atoms with Gasteiger partial charge in [-0.15, -0.1) is 0 Å². The number of benzene rings is 1. The third-order valence-electron chi connectivity index (χ3n) is 2.33. The Bertz CT molecular complexity index is 460. The highest BCUT2D eigenvalue weighted by Gasteiger charge is 2.06. The van der Waals surface area contributed by atoms with Gasteiger partial charge in [0.25, 0.3) is 0 Å². The zero-order chi connectivity index (χ0) is 13.0. The summed E-state index contributed by atoms with van der Waals surface area (Å²) in [6.45, 7) is 5.84. The van der Waals surface area contributed by atoms with E-state index in [2.05, 4.69) is 39.3 Å². The number of thiocarbonyl (C=S) groups is 1. The van der Waals surface area contributed by atoms with Crippen LogP contribution in [0.5, 0.6) is 0 Å². The molecule has 0 atom stereocenters. The summed E-state index contributed by atoms with van der Waals surface area (Å²) < 4.78 is 1.22. The molecule has 0 bridgehead atoms. The monoisotopic (exact) mass is 362 g/mol. The first-order valence-electron chi connectivity index (χ1n) is 5.31. The van der Waals surface area contributed by atoms with Gasteiger partial charge in [-0.3, -0.25) is 4.79 Å². The van der Waals surface area contributed by atoms with Crippen molar-refractivity contribution < 1.29 is 4.79 Å². The van der Waals surface area contributed by atoms with Crippen molar-refractivity contribution in [1.29, 1.82) is 0 Å². The Balaban J connectivity index is 2.78. The van der Waals surface area contributed by atoms with E-state index in [0.717, 1.165) is 11.3 Å². The molecule has 2 N–H and O–H groups in total. The smallest absolute Gasteiger partial charge is 0.225 e. The van der Waals surface area contributed by atoms with Crippen molar-refractivity contribution in [2.75, 3.05) is 5.32 Å². The Morgan fingerprint density at radius 2 is 2.00 bits per heavy atom. The lowest BCUT2D eigenvalue weighted by Crippen LogP contribution is -2.33. The maximum Gasteiger partial charge on any atom is 0.225 e. The van der Waals surface area contributed by atoms with E-state index in [1.165, 1.54) is 9.13 Å². The number of aryl methyl sites for hydroxylation is 2. The van der Waals surface area contributed by atoms with Gasteiger partial charge in [0.1, 0.15) is 0 Å². The summed E-state index contributed by atoms with van der Waals surface area (Å²) in [5, 5.41) is 6.01. The van der Waals surface area contributed by atoms with E-state index in [9.17, 15) is 4.79 Å². The van der Waals surface area contributed by atoms with Crippen LogP contribution in [0.15, 0.2) is 12.1 Å². The molecular formula is C12H15IN2OS. The molecule has 1 aromatic rings. The zero-order valence-electron chi connectivity index (χ0n) is 10.1. The lowest BCUT2D eigenvalue weighted by Gasteiger charge is -2.13. The van der Waals surface area contributed by atoms with Crippen LogP contribution in [0, 0.1) is 17.4 Å². The van der Waals surface area contributed by atoms with E-state index in [0.29, 0.717) is 11.5 Å². The van der Waals surface area contributed by atoms with Crippen LogP contribution < -0.4 is 10.6 Å². The fraction of sp³-hybridized carbons (Fsp3) is 0.333. The summed E-state index contributed by atoms with van der Waals surface area (Å²) in [6.07, 6.45) is 0.423. The van der Waals surface area contributed by atoms with Crippen molar-refractivity contribution in [3.05, 3.63) is 26.8 Å². The number of hydrogen-bond donors (Lipinski definition) is 2. The number of rotatable bonds is 2. The number of amides is 1. The molecule has 0 aliphatic carbocycles. The average Bonchev–Trinajstić information content (AvgIpc) is 2.25. The van der Waals surface area contributed by atoms with Crippen LogP contribution >= 0.6 is 34.8 Å². The number of hydrogen-bond acceptors (Lipinski definition) is 2. The third kappa shape index (κ3) is 4.23. The first-order valence-corrected chi connectivity index (χ1v) is 6.80. The van der Waals surface area contributed by atoms with Gasteiger partial charge in [-0.1, -0.05) is 6.92 Å². The second kappa shape index (κ2) is 6.30. The van der Waals surface area contributed by atoms with E-state index in [-0.39, 0.29) is 5.91 Å². The van der Waals surface area contributed by atoms with Gasteiger partial charge in [0.2, 0.25) is 5.91 Å². The molecule has 0 unspecified atom stereocenters. The molecule has 17 heavy (non-hydrogen) atoms. The molecule has 0 aliphatic rings. The second-order valence-electron chi connectivity index (χ2n) is 3.77. The van der Waals surface area contributed by atoms with Crippen LogP contribution in [0.3, 0.4) is 0 Å². The van der Waals surface area contributed by atoms with Crippen LogP contribution in [-0.2, 0) is 4.79 Å². The minimum absolute atomic E-state index is 0.0811. The third-order valence-corrected chi connectivity index (χ3v) is 3.69. The molecule has 0 fully saturated rings. The summed E-state index contributed by atoms with van der Waals surface area (Å²) in [5.74, 6) is -0.0811. The SMILES string of the molecule is CCC(=O)NC(=S)Nc1cc(C)c(I)cc1C. The maximum atomic E-state index is 11.2. The summed E-state index contributed by atoms with van der Waals surface area (Å²) in [4.78, 5) is 11.2. The molecule has 0 spiro atoms. The number of halogens is 1. The second-order valence-corrected chi connectivity index (χ2v) is 5.34. The predicted molar refractivity (Wildman–Crippen MR) is 83.3 cm³/mol. The van der Waals surface area contributed by atoms with Crippen molar-refractivity contribution in [1.82, 2.24) is 5.32 Å². The Labute approximate surface area is 121 Å². The Morgan fingerprint density at radius 3 is 2.59 bits per heavy atom. The van der Waals surface area contributed by atoms with Gasteiger partial charge >= 0.3 is 0 Å². The zero-order valence-corrected chi connectivity index (χ0v) is 13.0. The van der Waals surface area contributed by atoms with Crippen molar-refractivity contribution >= 4 is 51.5 Å². The molecule has 92 valence electrons. The molecule has 0 heterocycles. The molecular weight excluding hydrogens is 347 g/mol.